The van der Waals surface area contributed by atoms with Crippen LogP contribution in [0.25, 0.3) is 0 Å². The number of amides is 1. The first-order valence-corrected chi connectivity index (χ1v) is 11.3. The van der Waals surface area contributed by atoms with Crippen LogP contribution in [0.2, 0.25) is 0 Å². The molecule has 0 bridgehead atoms. The van der Waals surface area contributed by atoms with Gasteiger partial charge in [0.25, 0.3) is 5.69 Å². The zero-order chi connectivity index (χ0) is 22.2. The van der Waals surface area contributed by atoms with E-state index in [4.69, 9.17) is 0 Å². The second kappa shape index (κ2) is 8.50. The monoisotopic (exact) mass is 438 g/mol. The lowest BCUT2D eigenvalue weighted by Gasteiger charge is -2.49. The fourth-order valence-electron chi connectivity index (χ4n) is 4.97. The van der Waals surface area contributed by atoms with Gasteiger partial charge in [0.2, 0.25) is 5.91 Å². The number of rotatable bonds is 6. The molecule has 0 spiro atoms. The molecule has 7 nitrogen and oxygen atoms in total. The smallest absolute Gasteiger partial charge is 0.269 e. The number of fused-ring (bicyclic) bond motifs is 3. The van der Waals surface area contributed by atoms with E-state index in [-0.39, 0.29) is 34.3 Å². The maximum atomic E-state index is 13.3. The van der Waals surface area contributed by atoms with Crippen LogP contribution in [-0.2, 0) is 17.8 Å². The molecule has 3 aliphatic rings. The average molecular weight is 439 g/mol. The van der Waals surface area contributed by atoms with Crippen LogP contribution >= 0.6 is 0 Å². The molecule has 2 aromatic carbocycles. The van der Waals surface area contributed by atoms with Crippen molar-refractivity contribution in [3.05, 3.63) is 69.5 Å². The number of halogens is 1. The normalized spacial score (nSPS) is 22.7. The summed E-state index contributed by atoms with van der Waals surface area (Å²) < 4.78 is 13.3. The van der Waals surface area contributed by atoms with Crippen molar-refractivity contribution in [2.75, 3.05) is 31.1 Å². The number of nitro groups is 1. The minimum Gasteiger partial charge on any atom is -0.365 e. The highest BCUT2D eigenvalue weighted by Crippen LogP contribution is 2.38. The number of nitrogens with one attached hydrogen (secondary N) is 1. The molecule has 2 aromatic rings. The number of carbonyl (C=O) groups is 1. The Bertz CT molecular complexity index is 1020. The van der Waals surface area contributed by atoms with Crippen LogP contribution in [0.15, 0.2) is 42.5 Å². The van der Waals surface area contributed by atoms with E-state index in [1.54, 1.807) is 24.3 Å². The molecule has 0 radical (unpaired) electrons. The van der Waals surface area contributed by atoms with Gasteiger partial charge in [-0.1, -0.05) is 12.1 Å². The average Bonchev–Trinajstić information content (AvgIpc) is 3.62. The van der Waals surface area contributed by atoms with Crippen LogP contribution in [0.5, 0.6) is 0 Å². The van der Waals surface area contributed by atoms with Crippen molar-refractivity contribution in [1.82, 2.24) is 10.2 Å². The van der Waals surface area contributed by atoms with Gasteiger partial charge in [-0.05, 0) is 54.5 Å². The first kappa shape index (κ1) is 20.9. The zero-order valence-electron chi connectivity index (χ0n) is 17.9. The molecule has 168 valence electrons. The Morgan fingerprint density at radius 2 is 1.94 bits per heavy atom. The van der Waals surface area contributed by atoms with E-state index in [0.29, 0.717) is 25.4 Å². The zero-order valence-corrected chi connectivity index (χ0v) is 17.9. The summed E-state index contributed by atoms with van der Waals surface area (Å²) in [7, 11) is 0. The molecule has 1 saturated carbocycles. The lowest BCUT2D eigenvalue weighted by molar-refractivity contribution is -0.384. The number of benzene rings is 2. The van der Waals surface area contributed by atoms with E-state index in [0.717, 1.165) is 36.4 Å². The fourth-order valence-corrected chi connectivity index (χ4v) is 4.97. The SMILES string of the molecule is O=C(NCC1CC1)C1Cc2cc([N+](=O)[O-])ccc2N2CCN(Cc3ccc(F)cc3)CC12. The van der Waals surface area contributed by atoms with Crippen molar-refractivity contribution >= 4 is 17.3 Å². The van der Waals surface area contributed by atoms with Crippen molar-refractivity contribution in [1.29, 1.82) is 0 Å². The molecule has 2 heterocycles. The number of anilines is 1. The third-order valence-corrected chi connectivity index (χ3v) is 6.91. The number of nitro benzene ring substituents is 1. The van der Waals surface area contributed by atoms with Crippen molar-refractivity contribution in [2.24, 2.45) is 11.8 Å². The van der Waals surface area contributed by atoms with Crippen molar-refractivity contribution < 1.29 is 14.1 Å². The molecule has 2 atom stereocenters. The fraction of sp³-hybridized carbons (Fsp3) is 0.458. The number of carbonyl (C=O) groups excluding carboxylic acids is 1. The molecule has 2 fully saturated rings. The molecule has 2 aliphatic heterocycles. The first-order valence-electron chi connectivity index (χ1n) is 11.3. The summed E-state index contributed by atoms with van der Waals surface area (Å²) in [6.07, 6.45) is 2.83. The van der Waals surface area contributed by atoms with Gasteiger partial charge in [-0.25, -0.2) is 4.39 Å². The van der Waals surface area contributed by atoms with Gasteiger partial charge in [0.1, 0.15) is 5.82 Å². The molecule has 1 N–H and O–H groups in total. The topological polar surface area (TPSA) is 78.7 Å². The summed E-state index contributed by atoms with van der Waals surface area (Å²) in [5.41, 5.74) is 2.97. The molecule has 32 heavy (non-hydrogen) atoms. The number of hydrogen-bond acceptors (Lipinski definition) is 5. The highest BCUT2D eigenvalue weighted by Gasteiger charge is 2.42. The van der Waals surface area contributed by atoms with E-state index < -0.39 is 0 Å². The number of hydrogen-bond donors (Lipinski definition) is 1. The summed E-state index contributed by atoms with van der Waals surface area (Å²) in [4.78, 5) is 28.7. The van der Waals surface area contributed by atoms with Gasteiger partial charge in [0, 0.05) is 50.5 Å². The molecule has 5 rings (SSSR count). The summed E-state index contributed by atoms with van der Waals surface area (Å²) in [6, 6.07) is 11.6. The van der Waals surface area contributed by atoms with Gasteiger partial charge in [-0.2, -0.15) is 0 Å². The van der Waals surface area contributed by atoms with Crippen molar-refractivity contribution in [3.63, 3.8) is 0 Å². The highest BCUT2D eigenvalue weighted by atomic mass is 19.1. The van der Waals surface area contributed by atoms with Crippen LogP contribution in [0, 0.1) is 27.8 Å². The Kier molecular flexibility index (Phi) is 5.55. The summed E-state index contributed by atoms with van der Waals surface area (Å²) >= 11 is 0. The molecule has 1 saturated heterocycles. The first-order chi connectivity index (χ1) is 15.5. The van der Waals surface area contributed by atoms with Crippen LogP contribution in [0.1, 0.15) is 24.0 Å². The lowest BCUT2D eigenvalue weighted by atomic mass is 9.83. The molecule has 1 aliphatic carbocycles. The maximum Gasteiger partial charge on any atom is 0.269 e. The van der Waals surface area contributed by atoms with E-state index in [9.17, 15) is 19.3 Å². The highest BCUT2D eigenvalue weighted by molar-refractivity contribution is 5.82. The summed E-state index contributed by atoms with van der Waals surface area (Å²) in [5.74, 6) is 0.115. The second-order valence-corrected chi connectivity index (χ2v) is 9.19. The van der Waals surface area contributed by atoms with E-state index >= 15 is 0 Å². The number of non-ortho nitro benzene ring substituents is 1. The van der Waals surface area contributed by atoms with Crippen molar-refractivity contribution in [2.45, 2.75) is 31.8 Å². The Hall–Kier alpha value is -3.00. The van der Waals surface area contributed by atoms with Gasteiger partial charge < -0.3 is 10.2 Å². The molecular formula is C24H27FN4O3. The van der Waals surface area contributed by atoms with E-state index in [1.165, 1.54) is 25.0 Å². The molecule has 2 unspecified atom stereocenters. The summed E-state index contributed by atoms with van der Waals surface area (Å²) in [5, 5.41) is 14.4. The van der Waals surface area contributed by atoms with Crippen LogP contribution in [-0.4, -0.2) is 48.0 Å². The Labute approximate surface area is 186 Å². The maximum absolute atomic E-state index is 13.3. The standard InChI is InChI=1S/C24H27FN4O3/c25-19-5-3-17(4-6-19)14-27-9-10-28-22-8-7-20(29(31)32)11-18(22)12-21(23(28)15-27)24(30)26-13-16-1-2-16/h3-8,11,16,21,23H,1-2,9-10,12-15H2,(H,26,30). The van der Waals surface area contributed by atoms with Gasteiger partial charge in [-0.3, -0.25) is 19.8 Å². The molecule has 0 aromatic heterocycles. The van der Waals surface area contributed by atoms with Crippen LogP contribution in [0.3, 0.4) is 0 Å². The number of piperazine rings is 1. The molecular weight excluding hydrogens is 411 g/mol. The molecule has 8 heteroatoms. The molecule has 1 amide bonds. The van der Waals surface area contributed by atoms with Gasteiger partial charge in [0.05, 0.1) is 16.9 Å². The van der Waals surface area contributed by atoms with Crippen LogP contribution < -0.4 is 10.2 Å². The van der Waals surface area contributed by atoms with Crippen molar-refractivity contribution in [3.8, 4) is 0 Å². The summed E-state index contributed by atoms with van der Waals surface area (Å²) in [6.45, 7) is 3.68. The van der Waals surface area contributed by atoms with Crippen LogP contribution in [0.4, 0.5) is 15.8 Å². The minimum atomic E-state index is -0.380. The van der Waals surface area contributed by atoms with Gasteiger partial charge in [-0.15, -0.1) is 0 Å². The predicted octanol–water partition coefficient (Wildman–Crippen LogP) is 3.12. The van der Waals surface area contributed by atoms with Gasteiger partial charge >= 0.3 is 0 Å². The third-order valence-electron chi connectivity index (χ3n) is 6.91. The Morgan fingerprint density at radius 3 is 2.66 bits per heavy atom. The predicted molar refractivity (Wildman–Crippen MR) is 119 cm³/mol. The third kappa shape index (κ3) is 4.32. The van der Waals surface area contributed by atoms with E-state index in [2.05, 4.69) is 15.1 Å². The van der Waals surface area contributed by atoms with E-state index in [1.807, 2.05) is 6.07 Å². The van der Waals surface area contributed by atoms with Gasteiger partial charge in [0.15, 0.2) is 0 Å². The Balaban J connectivity index is 1.39. The second-order valence-electron chi connectivity index (χ2n) is 9.19. The largest absolute Gasteiger partial charge is 0.365 e. The minimum absolute atomic E-state index is 0.00245. The number of nitrogens with zero attached hydrogens (tertiary/aromatic N) is 3. The quantitative estimate of drug-likeness (QED) is 0.554. The Morgan fingerprint density at radius 1 is 1.16 bits per heavy atom. The lowest BCUT2D eigenvalue weighted by Crippen LogP contribution is -2.61.